The molecule has 8 aromatic carbocycles. The van der Waals surface area contributed by atoms with Crippen molar-refractivity contribution in [1.29, 1.82) is 0 Å². The number of hydrogen-bond acceptors (Lipinski definition) is 3. The molecule has 11 aromatic rings. The van der Waals surface area contributed by atoms with Crippen molar-refractivity contribution in [3.05, 3.63) is 162 Å². The van der Waals surface area contributed by atoms with Gasteiger partial charge >= 0.3 is 6.85 Å². The van der Waals surface area contributed by atoms with Crippen LogP contribution in [0.4, 0.5) is 11.4 Å². The lowest BCUT2D eigenvalue weighted by molar-refractivity contribution is 0.590. The van der Waals surface area contributed by atoms with Crippen LogP contribution >= 0.6 is 11.3 Å². The molecule has 0 fully saturated rings. The molecular weight excluding hydrogens is 796 g/mol. The average Bonchev–Trinajstić information content (AvgIpc) is 3.99. The molecule has 2 aliphatic heterocycles. The largest absolute Gasteiger partial charge is 0.456 e. The fourth-order valence-electron chi connectivity index (χ4n) is 11.9. The van der Waals surface area contributed by atoms with Crippen LogP contribution in [-0.2, 0) is 16.2 Å². The smallest absolute Gasteiger partial charge is 0.333 e. The van der Waals surface area contributed by atoms with Crippen molar-refractivity contribution >= 4 is 104 Å². The van der Waals surface area contributed by atoms with E-state index >= 15 is 0 Å². The quantitative estimate of drug-likeness (QED) is 0.154. The number of furan rings is 1. The van der Waals surface area contributed by atoms with Crippen molar-refractivity contribution in [2.45, 2.75) is 71.6 Å². The predicted octanol–water partition coefficient (Wildman–Crippen LogP) is 15.2. The van der Waals surface area contributed by atoms with Crippen LogP contribution in [0.5, 0.6) is 0 Å². The van der Waals surface area contributed by atoms with Gasteiger partial charge in [-0.15, -0.1) is 11.3 Å². The molecule has 0 saturated carbocycles. The van der Waals surface area contributed by atoms with Gasteiger partial charge in [0.25, 0.3) is 0 Å². The van der Waals surface area contributed by atoms with Gasteiger partial charge in [-0.05, 0) is 115 Å². The average molecular weight is 843 g/mol. The SMILES string of the molecule is CC(C)(C)c1ccc(N2B3c4cc5c(cc4-n4c6cc7c(cc6c6ccc(c3c64)-c3cc4sc6ccc(C(C)(C)C)cc6c4cc32)C(C)(C)c2ccccc2-7)oc2ccccc25)cc1. The molecule has 0 radical (unpaired) electrons. The standard InChI is InChI=1S/C59H47BN2OS/c1-57(2,3)32-17-20-34(21-18-32)62-49-29-44-43-25-33(58(4,5)6)19-24-53(43)64-54(44)30-41(49)37-22-23-38-40-26-46-39(35-13-9-11-15-45(35)59(46,7)8)28-48(40)61-50-31-52-42(36-14-10-12-16-51(36)63-52)27-47(50)60(62)55(37)56(38)61/h9-31H,1-8H3. The van der Waals surface area contributed by atoms with Crippen molar-refractivity contribution in [2.24, 2.45) is 0 Å². The maximum Gasteiger partial charge on any atom is 0.333 e. The third-order valence-electron chi connectivity index (χ3n) is 15.3. The van der Waals surface area contributed by atoms with Gasteiger partial charge in [-0.25, -0.2) is 0 Å². The minimum atomic E-state index is -0.109. The Balaban J connectivity index is 1.15. The molecule has 0 amide bonds. The van der Waals surface area contributed by atoms with E-state index in [1.165, 1.54) is 114 Å². The van der Waals surface area contributed by atoms with Crippen molar-refractivity contribution in [2.75, 3.05) is 4.81 Å². The van der Waals surface area contributed by atoms with Gasteiger partial charge in [-0.2, -0.15) is 0 Å². The first-order valence-corrected chi connectivity index (χ1v) is 23.7. The Labute approximate surface area is 377 Å². The maximum atomic E-state index is 6.75. The second-order valence-corrected chi connectivity index (χ2v) is 22.4. The van der Waals surface area contributed by atoms with E-state index in [4.69, 9.17) is 4.42 Å². The lowest BCUT2D eigenvalue weighted by Crippen LogP contribution is -2.60. The lowest BCUT2D eigenvalue weighted by Gasteiger charge is -2.42. The zero-order valence-corrected chi connectivity index (χ0v) is 38.4. The van der Waals surface area contributed by atoms with Crippen LogP contribution in [0, 0.1) is 0 Å². The van der Waals surface area contributed by atoms with Crippen molar-refractivity contribution in [3.63, 3.8) is 0 Å². The summed E-state index contributed by atoms with van der Waals surface area (Å²) in [5.74, 6) is 0. The Kier molecular flexibility index (Phi) is 6.89. The summed E-state index contributed by atoms with van der Waals surface area (Å²) in [6, 6.07) is 53.9. The Hall–Kier alpha value is -6.56. The molecule has 0 bridgehead atoms. The molecule has 1 aliphatic carbocycles. The number of fused-ring (bicyclic) bond motifs is 17. The molecule has 0 saturated heterocycles. The lowest BCUT2D eigenvalue weighted by atomic mass is 9.44. The predicted molar refractivity (Wildman–Crippen MR) is 275 cm³/mol. The summed E-state index contributed by atoms with van der Waals surface area (Å²) < 4.78 is 12.0. The van der Waals surface area contributed by atoms with Crippen LogP contribution in [0.2, 0.25) is 0 Å². The summed E-state index contributed by atoms with van der Waals surface area (Å²) in [6.07, 6.45) is 0. The summed E-state index contributed by atoms with van der Waals surface area (Å²) in [6.45, 7) is 18.6. The summed E-state index contributed by atoms with van der Waals surface area (Å²) in [7, 11) is 0. The highest BCUT2D eigenvalue weighted by Gasteiger charge is 2.45. The molecule has 0 spiro atoms. The normalized spacial score (nSPS) is 14.9. The Bertz CT molecular complexity index is 3900. The molecule has 308 valence electrons. The first kappa shape index (κ1) is 36.9. The molecular formula is C59H47BN2OS. The molecule has 14 rings (SSSR count). The second-order valence-electron chi connectivity index (χ2n) is 21.3. The van der Waals surface area contributed by atoms with Gasteiger partial charge in [0.1, 0.15) is 11.2 Å². The monoisotopic (exact) mass is 842 g/mol. The number of para-hydroxylation sites is 1. The van der Waals surface area contributed by atoms with E-state index in [-0.39, 0.29) is 23.1 Å². The van der Waals surface area contributed by atoms with Crippen LogP contribution in [0.15, 0.2) is 144 Å². The number of nitrogens with zero attached hydrogens (tertiary/aromatic N) is 2. The van der Waals surface area contributed by atoms with Crippen LogP contribution < -0.4 is 15.7 Å². The zero-order valence-electron chi connectivity index (χ0n) is 37.6. The highest BCUT2D eigenvalue weighted by Crippen LogP contribution is 2.53. The summed E-state index contributed by atoms with van der Waals surface area (Å²) in [4.78, 5) is 2.69. The highest BCUT2D eigenvalue weighted by atomic mass is 32.1. The third kappa shape index (κ3) is 4.68. The first-order valence-electron chi connectivity index (χ1n) is 22.9. The van der Waals surface area contributed by atoms with Gasteiger partial charge in [0.2, 0.25) is 0 Å². The molecule has 0 N–H and O–H groups in total. The summed E-state index contributed by atoms with van der Waals surface area (Å²) in [5, 5.41) is 7.57. The molecule has 64 heavy (non-hydrogen) atoms. The number of hydrogen-bond donors (Lipinski definition) is 0. The summed E-state index contributed by atoms with van der Waals surface area (Å²) >= 11 is 1.92. The van der Waals surface area contributed by atoms with Gasteiger partial charge in [0.05, 0.1) is 11.0 Å². The minimum Gasteiger partial charge on any atom is -0.456 e. The zero-order chi connectivity index (χ0) is 43.3. The number of rotatable bonds is 1. The summed E-state index contributed by atoms with van der Waals surface area (Å²) in [5.41, 5.74) is 21.4. The van der Waals surface area contributed by atoms with Gasteiger partial charge < -0.3 is 13.8 Å². The fraction of sp³-hybridized carbons (Fsp3) is 0.186. The molecule has 0 atom stereocenters. The Morgan fingerprint density at radius 1 is 0.516 bits per heavy atom. The van der Waals surface area contributed by atoms with E-state index in [0.29, 0.717) is 0 Å². The van der Waals surface area contributed by atoms with E-state index < -0.39 is 0 Å². The molecule has 5 heteroatoms. The number of aromatic nitrogens is 1. The van der Waals surface area contributed by atoms with E-state index in [0.717, 1.165) is 21.9 Å². The van der Waals surface area contributed by atoms with Crippen LogP contribution in [0.1, 0.15) is 77.6 Å². The number of anilines is 2. The van der Waals surface area contributed by atoms with E-state index in [9.17, 15) is 0 Å². The second kappa shape index (κ2) is 12.0. The molecule has 0 unspecified atom stereocenters. The minimum absolute atomic E-state index is 0.0330. The van der Waals surface area contributed by atoms with Gasteiger partial charge in [-0.1, -0.05) is 134 Å². The third-order valence-corrected chi connectivity index (χ3v) is 16.4. The first-order chi connectivity index (χ1) is 30.7. The van der Waals surface area contributed by atoms with Crippen molar-refractivity contribution in [3.8, 4) is 27.9 Å². The maximum absolute atomic E-state index is 6.75. The van der Waals surface area contributed by atoms with Crippen LogP contribution in [0.3, 0.4) is 0 Å². The fourth-order valence-corrected chi connectivity index (χ4v) is 13.0. The van der Waals surface area contributed by atoms with Crippen LogP contribution in [0.25, 0.3) is 91.9 Å². The molecule has 3 aliphatic rings. The van der Waals surface area contributed by atoms with Gasteiger partial charge in [0.15, 0.2) is 0 Å². The van der Waals surface area contributed by atoms with Crippen molar-refractivity contribution < 1.29 is 4.42 Å². The molecule has 3 nitrogen and oxygen atoms in total. The molecule has 5 heterocycles. The van der Waals surface area contributed by atoms with E-state index in [2.05, 4.69) is 204 Å². The number of benzene rings is 8. The Morgan fingerprint density at radius 2 is 1.27 bits per heavy atom. The number of thiophene rings is 1. The Morgan fingerprint density at radius 3 is 2.08 bits per heavy atom. The van der Waals surface area contributed by atoms with Gasteiger partial charge in [-0.3, -0.25) is 0 Å². The van der Waals surface area contributed by atoms with Crippen molar-refractivity contribution in [1.82, 2.24) is 4.57 Å². The highest BCUT2D eigenvalue weighted by molar-refractivity contribution is 7.25. The van der Waals surface area contributed by atoms with Crippen LogP contribution in [-0.4, -0.2) is 11.4 Å². The topological polar surface area (TPSA) is 21.3 Å². The van der Waals surface area contributed by atoms with Gasteiger partial charge in [0, 0.05) is 75.8 Å². The van der Waals surface area contributed by atoms with E-state index in [1.54, 1.807) is 0 Å². The molecule has 3 aromatic heterocycles. The van der Waals surface area contributed by atoms with E-state index in [1.807, 2.05) is 11.3 Å².